The summed E-state index contributed by atoms with van der Waals surface area (Å²) in [6.45, 7) is 10.5. The van der Waals surface area contributed by atoms with Crippen molar-refractivity contribution in [2.45, 2.75) is 79.1 Å². The van der Waals surface area contributed by atoms with Crippen molar-refractivity contribution < 1.29 is 33.4 Å². The van der Waals surface area contributed by atoms with E-state index in [9.17, 15) is 24.0 Å². The third-order valence-corrected chi connectivity index (χ3v) is 5.20. The Bertz CT molecular complexity index is 939. The minimum absolute atomic E-state index is 0.119. The fraction of sp³-hybridized carbons (Fsp3) is 0.577. The number of ether oxygens (including phenoxy) is 2. The van der Waals surface area contributed by atoms with Gasteiger partial charge in [-0.15, -0.1) is 0 Å². The SMILES string of the molecule is CC(=O)OCc1ccc(NC(=O)[C@H](CCCNC(N)=O)CC(=O)[C@@H](NC(=O)OC(C)(C)C)C(C)C)cc1. The largest absolute Gasteiger partial charge is 0.461 e. The molecule has 2 atom stereocenters. The van der Waals surface area contributed by atoms with Crippen LogP contribution in [0.4, 0.5) is 15.3 Å². The van der Waals surface area contributed by atoms with Gasteiger partial charge in [0.15, 0.2) is 5.78 Å². The highest BCUT2D eigenvalue weighted by Gasteiger charge is 2.30. The van der Waals surface area contributed by atoms with E-state index >= 15 is 0 Å². The summed E-state index contributed by atoms with van der Waals surface area (Å²) >= 11 is 0. The van der Waals surface area contributed by atoms with Crippen molar-refractivity contribution in [3.05, 3.63) is 29.8 Å². The van der Waals surface area contributed by atoms with Crippen molar-refractivity contribution in [2.24, 2.45) is 17.6 Å². The summed E-state index contributed by atoms with van der Waals surface area (Å²) in [6, 6.07) is 5.27. The summed E-state index contributed by atoms with van der Waals surface area (Å²) in [4.78, 5) is 60.5. The fourth-order valence-corrected chi connectivity index (χ4v) is 3.42. The second-order valence-electron chi connectivity index (χ2n) is 10.1. The molecule has 0 saturated carbocycles. The van der Waals surface area contributed by atoms with Crippen LogP contribution in [0, 0.1) is 11.8 Å². The maximum atomic E-state index is 13.2. The van der Waals surface area contributed by atoms with Crippen LogP contribution in [0.2, 0.25) is 0 Å². The number of carbonyl (C=O) groups is 5. The van der Waals surface area contributed by atoms with Crippen LogP contribution in [0.1, 0.15) is 66.4 Å². The Morgan fingerprint density at radius 3 is 2.16 bits per heavy atom. The number of anilines is 1. The predicted molar refractivity (Wildman–Crippen MR) is 138 cm³/mol. The van der Waals surface area contributed by atoms with E-state index in [4.69, 9.17) is 15.2 Å². The molecule has 37 heavy (non-hydrogen) atoms. The zero-order valence-electron chi connectivity index (χ0n) is 22.5. The van der Waals surface area contributed by atoms with E-state index in [1.54, 1.807) is 58.9 Å². The lowest BCUT2D eigenvalue weighted by Gasteiger charge is -2.26. The molecule has 0 radical (unpaired) electrons. The zero-order chi connectivity index (χ0) is 28.2. The molecule has 5 N–H and O–H groups in total. The molecular formula is C26H40N4O7. The normalized spacial score (nSPS) is 12.7. The number of alkyl carbamates (subject to hydrolysis) is 1. The van der Waals surface area contributed by atoms with Gasteiger partial charge in [0, 0.05) is 31.5 Å². The number of rotatable bonds is 13. The maximum absolute atomic E-state index is 13.2. The first kappa shape index (κ1) is 31.4. The van der Waals surface area contributed by atoms with Gasteiger partial charge in [0.2, 0.25) is 5.91 Å². The lowest BCUT2D eigenvalue weighted by atomic mass is 9.89. The summed E-state index contributed by atoms with van der Waals surface area (Å²) in [7, 11) is 0. The molecule has 0 saturated heterocycles. The van der Waals surface area contributed by atoms with Gasteiger partial charge in [0.1, 0.15) is 12.2 Å². The van der Waals surface area contributed by atoms with E-state index in [-0.39, 0.29) is 37.2 Å². The van der Waals surface area contributed by atoms with Crippen LogP contribution < -0.4 is 21.7 Å². The molecule has 0 aliphatic rings. The molecule has 1 rings (SSSR count). The van der Waals surface area contributed by atoms with Crippen molar-refractivity contribution in [1.29, 1.82) is 0 Å². The number of primary amides is 1. The Hall–Kier alpha value is -3.63. The van der Waals surface area contributed by atoms with Crippen LogP contribution >= 0.6 is 0 Å². The van der Waals surface area contributed by atoms with E-state index in [0.29, 0.717) is 18.5 Å². The monoisotopic (exact) mass is 520 g/mol. The average molecular weight is 521 g/mol. The molecule has 4 amide bonds. The van der Waals surface area contributed by atoms with Gasteiger partial charge >= 0.3 is 18.1 Å². The number of carbonyl (C=O) groups excluding carboxylic acids is 5. The van der Waals surface area contributed by atoms with E-state index in [0.717, 1.165) is 5.56 Å². The van der Waals surface area contributed by atoms with Gasteiger partial charge in [-0.1, -0.05) is 26.0 Å². The Morgan fingerprint density at radius 1 is 1.03 bits per heavy atom. The fourth-order valence-electron chi connectivity index (χ4n) is 3.42. The summed E-state index contributed by atoms with van der Waals surface area (Å²) < 4.78 is 10.2. The lowest BCUT2D eigenvalue weighted by molar-refractivity contribution is -0.142. The molecule has 0 aliphatic heterocycles. The van der Waals surface area contributed by atoms with Crippen molar-refractivity contribution in [3.8, 4) is 0 Å². The Kier molecular flexibility index (Phi) is 12.6. The van der Waals surface area contributed by atoms with E-state index < -0.39 is 35.7 Å². The number of hydrogen-bond donors (Lipinski definition) is 4. The minimum Gasteiger partial charge on any atom is -0.461 e. The summed E-state index contributed by atoms with van der Waals surface area (Å²) in [5.41, 5.74) is 5.64. The van der Waals surface area contributed by atoms with Gasteiger partial charge in [0.25, 0.3) is 0 Å². The van der Waals surface area contributed by atoms with Gasteiger partial charge in [-0.05, 0) is 57.2 Å². The first-order valence-corrected chi connectivity index (χ1v) is 12.3. The molecule has 11 nitrogen and oxygen atoms in total. The number of ketones is 1. The number of urea groups is 1. The number of amides is 4. The van der Waals surface area contributed by atoms with E-state index in [1.807, 2.05) is 0 Å². The Morgan fingerprint density at radius 2 is 1.65 bits per heavy atom. The van der Waals surface area contributed by atoms with Crippen LogP contribution in [0.15, 0.2) is 24.3 Å². The minimum atomic E-state index is -0.838. The predicted octanol–water partition coefficient (Wildman–Crippen LogP) is 3.26. The van der Waals surface area contributed by atoms with Gasteiger partial charge in [0.05, 0.1) is 6.04 Å². The number of Topliss-reactive ketones (excluding diaryl/α,β-unsaturated/α-hetero) is 1. The Balaban J connectivity index is 2.93. The molecule has 0 fully saturated rings. The maximum Gasteiger partial charge on any atom is 0.408 e. The first-order chi connectivity index (χ1) is 17.2. The quantitative estimate of drug-likeness (QED) is 0.229. The molecule has 1 aromatic rings. The highest BCUT2D eigenvalue weighted by atomic mass is 16.6. The number of hydrogen-bond acceptors (Lipinski definition) is 7. The van der Waals surface area contributed by atoms with Crippen molar-refractivity contribution in [3.63, 3.8) is 0 Å². The molecule has 11 heteroatoms. The molecule has 1 aromatic carbocycles. The molecule has 0 spiro atoms. The third kappa shape index (κ3) is 13.3. The summed E-state index contributed by atoms with van der Waals surface area (Å²) in [5.74, 6) is -2.02. The smallest absolute Gasteiger partial charge is 0.408 e. The molecule has 0 unspecified atom stereocenters. The van der Waals surface area contributed by atoms with Crippen LogP contribution in [0.3, 0.4) is 0 Å². The Labute approximate surface area is 218 Å². The second-order valence-corrected chi connectivity index (χ2v) is 10.1. The van der Waals surface area contributed by atoms with Gasteiger partial charge < -0.3 is 31.2 Å². The van der Waals surface area contributed by atoms with Crippen LogP contribution in [0.25, 0.3) is 0 Å². The van der Waals surface area contributed by atoms with Crippen molar-refractivity contribution in [1.82, 2.24) is 10.6 Å². The van der Waals surface area contributed by atoms with Crippen LogP contribution in [-0.2, 0) is 30.5 Å². The van der Waals surface area contributed by atoms with Gasteiger partial charge in [-0.3, -0.25) is 14.4 Å². The first-order valence-electron chi connectivity index (χ1n) is 12.3. The number of nitrogens with one attached hydrogen (secondary N) is 3. The van der Waals surface area contributed by atoms with Gasteiger partial charge in [-0.2, -0.15) is 0 Å². The van der Waals surface area contributed by atoms with Crippen molar-refractivity contribution in [2.75, 3.05) is 11.9 Å². The lowest BCUT2D eigenvalue weighted by Crippen LogP contribution is -2.47. The van der Waals surface area contributed by atoms with E-state index in [2.05, 4.69) is 16.0 Å². The average Bonchev–Trinajstić information content (AvgIpc) is 2.77. The van der Waals surface area contributed by atoms with Crippen LogP contribution in [-0.4, -0.2) is 48.0 Å². The third-order valence-electron chi connectivity index (χ3n) is 5.20. The standard InChI is InChI=1S/C26H40N4O7/c1-16(2)22(30-25(35)37-26(4,5)6)21(32)14-19(8-7-13-28-24(27)34)23(33)29-20-11-9-18(10-12-20)15-36-17(3)31/h9-12,16,19,22H,7-8,13-15H2,1-6H3,(H,29,33)(H,30,35)(H3,27,28,34)/t19-,22+/m1/s1. The number of benzene rings is 1. The zero-order valence-corrected chi connectivity index (χ0v) is 22.5. The molecule has 0 bridgehead atoms. The highest BCUT2D eigenvalue weighted by Crippen LogP contribution is 2.20. The molecular weight excluding hydrogens is 480 g/mol. The topological polar surface area (TPSA) is 166 Å². The number of nitrogens with two attached hydrogens (primary N) is 1. The van der Waals surface area contributed by atoms with Crippen molar-refractivity contribution >= 4 is 35.5 Å². The second kappa shape index (κ2) is 14.8. The molecule has 0 heterocycles. The van der Waals surface area contributed by atoms with Gasteiger partial charge in [-0.25, -0.2) is 9.59 Å². The summed E-state index contributed by atoms with van der Waals surface area (Å²) in [5, 5.41) is 7.90. The number of esters is 1. The van der Waals surface area contributed by atoms with Crippen LogP contribution in [0.5, 0.6) is 0 Å². The summed E-state index contributed by atoms with van der Waals surface area (Å²) in [6.07, 6.45) is -0.104. The molecule has 0 aromatic heterocycles. The van der Waals surface area contributed by atoms with E-state index in [1.165, 1.54) is 6.92 Å². The highest BCUT2D eigenvalue weighted by molar-refractivity contribution is 5.97. The molecule has 206 valence electrons. The molecule has 0 aliphatic carbocycles.